The van der Waals surface area contributed by atoms with Crippen LogP contribution < -0.4 is 10.1 Å². The molecule has 0 saturated heterocycles. The highest BCUT2D eigenvalue weighted by Crippen LogP contribution is 2.23. The Hall–Kier alpha value is -2.67. The lowest BCUT2D eigenvalue weighted by Gasteiger charge is -2.15. The molecular weight excluding hydrogens is 380 g/mol. The summed E-state index contributed by atoms with van der Waals surface area (Å²) >= 11 is 5.90. The lowest BCUT2D eigenvalue weighted by molar-refractivity contribution is -0.148. The molecule has 0 bridgehead atoms. The van der Waals surface area contributed by atoms with E-state index in [0.717, 1.165) is 12.1 Å². The number of methoxy groups -OCH3 is 1. The van der Waals surface area contributed by atoms with Crippen molar-refractivity contribution in [2.45, 2.75) is 19.4 Å². The molecule has 0 aliphatic rings. The molecule has 8 heteroatoms. The first-order valence-corrected chi connectivity index (χ1v) is 8.40. The van der Waals surface area contributed by atoms with Crippen molar-refractivity contribution in [3.05, 3.63) is 64.2 Å². The first-order chi connectivity index (χ1) is 12.8. The van der Waals surface area contributed by atoms with Crippen LogP contribution in [-0.2, 0) is 20.7 Å². The van der Waals surface area contributed by atoms with Crippen LogP contribution in [0.3, 0.4) is 0 Å². The molecule has 0 heterocycles. The largest absolute Gasteiger partial charge is 0.496 e. The van der Waals surface area contributed by atoms with E-state index in [1.807, 2.05) is 0 Å². The highest BCUT2D eigenvalue weighted by atomic mass is 35.5. The highest BCUT2D eigenvalue weighted by molar-refractivity contribution is 6.30. The predicted molar refractivity (Wildman–Crippen MR) is 95.6 cm³/mol. The number of esters is 1. The number of amides is 1. The van der Waals surface area contributed by atoms with E-state index in [9.17, 15) is 18.4 Å². The predicted octanol–water partition coefficient (Wildman–Crippen LogP) is 3.59. The smallest absolute Gasteiger partial charge is 0.310 e. The topological polar surface area (TPSA) is 64.6 Å². The number of hydrogen-bond acceptors (Lipinski definition) is 4. The molecule has 2 rings (SSSR count). The van der Waals surface area contributed by atoms with Crippen molar-refractivity contribution < 1.29 is 27.8 Å². The summed E-state index contributed by atoms with van der Waals surface area (Å²) in [6, 6.07) is 7.17. The van der Waals surface area contributed by atoms with E-state index >= 15 is 0 Å². The third-order valence-electron chi connectivity index (χ3n) is 3.75. The van der Waals surface area contributed by atoms with Gasteiger partial charge in [-0.05, 0) is 31.2 Å². The summed E-state index contributed by atoms with van der Waals surface area (Å²) in [5, 5.41) is 2.92. The van der Waals surface area contributed by atoms with Crippen LogP contribution in [0.25, 0.3) is 0 Å². The monoisotopic (exact) mass is 397 g/mol. The van der Waals surface area contributed by atoms with Gasteiger partial charge < -0.3 is 14.8 Å². The van der Waals surface area contributed by atoms with Crippen molar-refractivity contribution in [1.29, 1.82) is 0 Å². The molecule has 1 atom stereocenters. The lowest BCUT2D eigenvalue weighted by Crippen LogP contribution is -2.31. The molecular formula is C19H18ClF2NO4. The number of hydrogen-bond donors (Lipinski definition) is 1. The quantitative estimate of drug-likeness (QED) is 0.725. The maximum Gasteiger partial charge on any atom is 0.310 e. The van der Waals surface area contributed by atoms with E-state index in [-0.39, 0.29) is 12.0 Å². The van der Waals surface area contributed by atoms with Crippen LogP contribution in [0.1, 0.15) is 24.1 Å². The van der Waals surface area contributed by atoms with Gasteiger partial charge in [-0.2, -0.15) is 0 Å². The van der Waals surface area contributed by atoms with Crippen LogP contribution in [0.5, 0.6) is 5.75 Å². The molecule has 0 aromatic heterocycles. The molecule has 0 radical (unpaired) electrons. The van der Waals surface area contributed by atoms with Crippen molar-refractivity contribution in [3.63, 3.8) is 0 Å². The van der Waals surface area contributed by atoms with Crippen LogP contribution >= 0.6 is 11.6 Å². The molecule has 1 N–H and O–H groups in total. The normalized spacial score (nSPS) is 11.6. The van der Waals surface area contributed by atoms with Crippen molar-refractivity contribution in [2.75, 3.05) is 13.7 Å². The Morgan fingerprint density at radius 3 is 2.59 bits per heavy atom. The highest BCUT2D eigenvalue weighted by Gasteiger charge is 2.16. The van der Waals surface area contributed by atoms with Gasteiger partial charge in [-0.15, -0.1) is 0 Å². The third kappa shape index (κ3) is 5.92. The number of halogens is 3. The van der Waals surface area contributed by atoms with Crippen LogP contribution in [0.15, 0.2) is 36.4 Å². The SMILES string of the molecule is COc1ccc(Cl)cc1CC(=O)OCC(=O)N[C@@H](C)c1ccc(F)cc1F. The molecule has 2 aromatic carbocycles. The zero-order valence-electron chi connectivity index (χ0n) is 14.7. The molecule has 0 spiro atoms. The van der Waals surface area contributed by atoms with Crippen molar-refractivity contribution in [2.24, 2.45) is 0 Å². The van der Waals surface area contributed by atoms with Crippen molar-refractivity contribution in [3.8, 4) is 5.75 Å². The first kappa shape index (κ1) is 20.6. The van der Waals surface area contributed by atoms with Gasteiger partial charge in [0.05, 0.1) is 19.6 Å². The minimum atomic E-state index is -0.771. The van der Waals surface area contributed by atoms with Crippen molar-refractivity contribution >= 4 is 23.5 Å². The molecule has 144 valence electrons. The fraction of sp³-hybridized carbons (Fsp3) is 0.263. The second-order valence-electron chi connectivity index (χ2n) is 5.75. The minimum Gasteiger partial charge on any atom is -0.496 e. The Labute approximate surface area is 160 Å². The number of ether oxygens (including phenoxy) is 2. The number of rotatable bonds is 7. The van der Waals surface area contributed by atoms with Crippen molar-refractivity contribution in [1.82, 2.24) is 5.32 Å². The van der Waals surface area contributed by atoms with Crippen LogP contribution in [0.2, 0.25) is 5.02 Å². The molecule has 2 aromatic rings. The number of carbonyl (C=O) groups excluding carboxylic acids is 2. The Morgan fingerprint density at radius 1 is 1.19 bits per heavy atom. The molecule has 5 nitrogen and oxygen atoms in total. The second-order valence-corrected chi connectivity index (χ2v) is 6.19. The lowest BCUT2D eigenvalue weighted by atomic mass is 10.1. The van der Waals surface area contributed by atoms with Gasteiger partial charge in [0.15, 0.2) is 6.61 Å². The fourth-order valence-electron chi connectivity index (χ4n) is 2.45. The Bertz CT molecular complexity index is 844. The minimum absolute atomic E-state index is 0.125. The Balaban J connectivity index is 1.88. The Morgan fingerprint density at radius 2 is 1.93 bits per heavy atom. The van der Waals surface area contributed by atoms with Gasteiger partial charge in [-0.25, -0.2) is 8.78 Å². The van der Waals surface area contributed by atoms with Crippen LogP contribution in [0, 0.1) is 11.6 Å². The molecule has 0 unspecified atom stereocenters. The standard InChI is InChI=1S/C19H18ClF2NO4/c1-11(15-5-4-14(21)9-16(15)22)23-18(24)10-27-19(25)8-12-7-13(20)3-6-17(12)26-2/h3-7,9,11H,8,10H2,1-2H3,(H,23,24)/t11-/m0/s1. The first-order valence-electron chi connectivity index (χ1n) is 8.02. The van der Waals surface area contributed by atoms with E-state index < -0.39 is 36.2 Å². The summed E-state index contributed by atoms with van der Waals surface area (Å²) in [4.78, 5) is 23.8. The van der Waals surface area contributed by atoms with E-state index in [1.165, 1.54) is 20.1 Å². The summed E-state index contributed by atoms with van der Waals surface area (Å²) in [7, 11) is 1.46. The fourth-order valence-corrected chi connectivity index (χ4v) is 2.65. The number of carbonyl (C=O) groups is 2. The van der Waals surface area contributed by atoms with E-state index in [1.54, 1.807) is 18.2 Å². The average molecular weight is 398 g/mol. The van der Waals surface area contributed by atoms with Gasteiger partial charge in [0, 0.05) is 22.2 Å². The molecule has 0 fully saturated rings. The third-order valence-corrected chi connectivity index (χ3v) is 3.98. The maximum atomic E-state index is 13.7. The van der Waals surface area contributed by atoms with Gasteiger partial charge in [-0.3, -0.25) is 9.59 Å². The number of benzene rings is 2. The van der Waals surface area contributed by atoms with E-state index in [0.29, 0.717) is 16.3 Å². The summed E-state index contributed by atoms with van der Waals surface area (Å²) in [6.07, 6.45) is -0.126. The van der Waals surface area contributed by atoms with Crippen LogP contribution in [0.4, 0.5) is 8.78 Å². The molecule has 0 aliphatic heterocycles. The zero-order chi connectivity index (χ0) is 20.0. The Kier molecular flexibility index (Phi) is 7.12. The average Bonchev–Trinajstić information content (AvgIpc) is 2.60. The summed E-state index contributed by atoms with van der Waals surface area (Å²) in [5.41, 5.74) is 0.650. The van der Waals surface area contributed by atoms with Gasteiger partial charge >= 0.3 is 5.97 Å². The van der Waals surface area contributed by atoms with Crippen LogP contribution in [-0.4, -0.2) is 25.6 Å². The second kappa shape index (κ2) is 9.32. The van der Waals surface area contributed by atoms with Gasteiger partial charge in [0.1, 0.15) is 17.4 Å². The summed E-state index contributed by atoms with van der Waals surface area (Å²) in [6.45, 7) is 1.00. The number of nitrogens with one attached hydrogen (secondary N) is 1. The summed E-state index contributed by atoms with van der Waals surface area (Å²) < 4.78 is 36.7. The zero-order valence-corrected chi connectivity index (χ0v) is 15.5. The summed E-state index contributed by atoms with van der Waals surface area (Å²) in [5.74, 6) is -2.27. The van der Waals surface area contributed by atoms with Gasteiger partial charge in [-0.1, -0.05) is 17.7 Å². The molecule has 0 saturated carbocycles. The maximum absolute atomic E-state index is 13.7. The molecule has 0 aliphatic carbocycles. The van der Waals surface area contributed by atoms with Gasteiger partial charge in [0.2, 0.25) is 0 Å². The molecule has 1 amide bonds. The molecule has 27 heavy (non-hydrogen) atoms. The van der Waals surface area contributed by atoms with E-state index in [2.05, 4.69) is 5.32 Å². The van der Waals surface area contributed by atoms with E-state index in [4.69, 9.17) is 21.1 Å². The van der Waals surface area contributed by atoms with Gasteiger partial charge in [0.25, 0.3) is 5.91 Å².